The predicted octanol–water partition coefficient (Wildman–Crippen LogP) is 1.08. The number of likely N-dealkylation sites (tertiary alicyclic amines) is 1. The molecule has 0 spiro atoms. The summed E-state index contributed by atoms with van der Waals surface area (Å²) in [7, 11) is 0. The van der Waals surface area contributed by atoms with Crippen molar-refractivity contribution < 1.29 is 19.2 Å². The maximum absolute atomic E-state index is 13.6. The van der Waals surface area contributed by atoms with Crippen molar-refractivity contribution in [3.8, 4) is 0 Å². The van der Waals surface area contributed by atoms with Crippen molar-refractivity contribution in [1.82, 2.24) is 25.8 Å². The van der Waals surface area contributed by atoms with Crippen molar-refractivity contribution in [2.45, 2.75) is 77.9 Å². The van der Waals surface area contributed by atoms with E-state index >= 15 is 0 Å². The number of urea groups is 1. The van der Waals surface area contributed by atoms with Crippen LogP contribution in [0.4, 0.5) is 4.79 Å². The van der Waals surface area contributed by atoms with Crippen molar-refractivity contribution in [1.29, 1.82) is 0 Å². The summed E-state index contributed by atoms with van der Waals surface area (Å²) in [5.41, 5.74) is -0.928. The molecular formula is C23H39N5O4. The molecule has 3 N–H and O–H groups in total. The molecule has 3 atom stereocenters. The molecule has 3 rings (SSSR count). The lowest BCUT2D eigenvalue weighted by molar-refractivity contribution is -0.150. The summed E-state index contributed by atoms with van der Waals surface area (Å²) in [4.78, 5) is 54.3. The Bertz CT molecular complexity index is 747. The number of piperidine rings is 1. The van der Waals surface area contributed by atoms with Crippen LogP contribution in [-0.2, 0) is 14.4 Å². The monoisotopic (exact) mass is 449 g/mol. The van der Waals surface area contributed by atoms with Crippen LogP contribution in [0.1, 0.15) is 60.3 Å². The molecule has 0 aliphatic carbocycles. The van der Waals surface area contributed by atoms with Gasteiger partial charge >= 0.3 is 6.03 Å². The highest BCUT2D eigenvalue weighted by Gasteiger charge is 2.49. The Hall–Kier alpha value is -2.16. The first-order valence-electron chi connectivity index (χ1n) is 12.0. The van der Waals surface area contributed by atoms with Crippen molar-refractivity contribution in [2.24, 2.45) is 17.8 Å². The van der Waals surface area contributed by atoms with E-state index in [1.807, 2.05) is 4.90 Å². The molecule has 9 heteroatoms. The zero-order valence-electron chi connectivity index (χ0n) is 20.1. The molecule has 3 fully saturated rings. The average molecular weight is 450 g/mol. The maximum Gasteiger partial charge on any atom is 0.322 e. The van der Waals surface area contributed by atoms with Crippen LogP contribution in [0.5, 0.6) is 0 Å². The van der Waals surface area contributed by atoms with Gasteiger partial charge in [-0.1, -0.05) is 27.7 Å². The molecule has 3 aliphatic heterocycles. The Labute approximate surface area is 191 Å². The van der Waals surface area contributed by atoms with Gasteiger partial charge in [-0.25, -0.2) is 4.79 Å². The minimum absolute atomic E-state index is 0.000703. The van der Waals surface area contributed by atoms with Crippen LogP contribution in [0.2, 0.25) is 0 Å². The number of nitrogens with zero attached hydrogens (tertiary/aromatic N) is 2. The number of carbonyl (C=O) groups is 4. The zero-order chi connectivity index (χ0) is 23.6. The van der Waals surface area contributed by atoms with Gasteiger partial charge in [-0.15, -0.1) is 0 Å². The molecule has 0 saturated carbocycles. The molecule has 32 heavy (non-hydrogen) atoms. The summed E-state index contributed by atoms with van der Waals surface area (Å²) in [5, 5.41) is 8.40. The normalized spacial score (nSPS) is 28.3. The highest BCUT2D eigenvalue weighted by molar-refractivity contribution is 6.07. The summed E-state index contributed by atoms with van der Waals surface area (Å²) in [5.74, 6) is 0.371. The van der Waals surface area contributed by atoms with Crippen LogP contribution in [0, 0.1) is 17.8 Å². The largest absolute Gasteiger partial charge is 0.341 e. The van der Waals surface area contributed by atoms with E-state index in [0.717, 1.165) is 6.42 Å². The number of rotatable bonds is 7. The molecule has 0 radical (unpaired) electrons. The van der Waals surface area contributed by atoms with Crippen LogP contribution in [0.3, 0.4) is 0 Å². The first-order valence-corrected chi connectivity index (χ1v) is 12.0. The van der Waals surface area contributed by atoms with E-state index in [9.17, 15) is 19.2 Å². The third kappa shape index (κ3) is 5.08. The van der Waals surface area contributed by atoms with Gasteiger partial charge in [0.25, 0.3) is 5.91 Å². The Morgan fingerprint density at radius 2 is 1.72 bits per heavy atom. The molecule has 5 amide bonds. The lowest BCUT2D eigenvalue weighted by atomic mass is 9.79. The average Bonchev–Trinajstić information content (AvgIpc) is 2.99. The summed E-state index contributed by atoms with van der Waals surface area (Å²) in [6.07, 6.45) is 2.66. The van der Waals surface area contributed by atoms with Gasteiger partial charge in [0, 0.05) is 26.2 Å². The van der Waals surface area contributed by atoms with Gasteiger partial charge in [0.05, 0.1) is 6.04 Å². The second-order valence-corrected chi connectivity index (χ2v) is 10.5. The zero-order valence-corrected chi connectivity index (χ0v) is 20.1. The molecule has 3 aliphatic rings. The molecule has 0 aromatic heterocycles. The van der Waals surface area contributed by atoms with Crippen molar-refractivity contribution in [2.75, 3.05) is 26.2 Å². The molecule has 0 aromatic rings. The summed E-state index contributed by atoms with van der Waals surface area (Å²) in [6, 6.07) is -1.15. The number of carbonyl (C=O) groups excluding carboxylic acids is 4. The fourth-order valence-electron chi connectivity index (χ4n) is 5.26. The van der Waals surface area contributed by atoms with Gasteiger partial charge in [-0.05, 0) is 50.4 Å². The Balaban J connectivity index is 1.68. The first-order chi connectivity index (χ1) is 15.0. The summed E-state index contributed by atoms with van der Waals surface area (Å²) >= 11 is 0. The van der Waals surface area contributed by atoms with E-state index < -0.39 is 17.6 Å². The van der Waals surface area contributed by atoms with Gasteiger partial charge in [0.2, 0.25) is 11.8 Å². The SMILES string of the molecule is CC(C)CC1NCCN(C(CC(C)C)C(=O)N2CCC(C3(C)NC(=O)NC3=O)CC2)C1=O. The van der Waals surface area contributed by atoms with E-state index in [-0.39, 0.29) is 35.6 Å². The van der Waals surface area contributed by atoms with Crippen molar-refractivity contribution in [3.05, 3.63) is 0 Å². The fraction of sp³-hybridized carbons (Fsp3) is 0.826. The molecular weight excluding hydrogens is 410 g/mol. The quantitative estimate of drug-likeness (QED) is 0.504. The predicted molar refractivity (Wildman–Crippen MR) is 121 cm³/mol. The van der Waals surface area contributed by atoms with E-state index in [4.69, 9.17) is 0 Å². The molecule has 3 heterocycles. The Morgan fingerprint density at radius 3 is 2.25 bits per heavy atom. The van der Waals surface area contributed by atoms with E-state index in [0.29, 0.717) is 51.4 Å². The number of hydrogen-bond donors (Lipinski definition) is 3. The lowest BCUT2D eigenvalue weighted by Crippen LogP contribution is -2.62. The highest BCUT2D eigenvalue weighted by Crippen LogP contribution is 2.31. The smallest absolute Gasteiger partial charge is 0.322 e. The number of nitrogens with one attached hydrogen (secondary N) is 3. The number of amides is 5. The van der Waals surface area contributed by atoms with Crippen LogP contribution >= 0.6 is 0 Å². The third-order valence-electron chi connectivity index (χ3n) is 7.08. The minimum Gasteiger partial charge on any atom is -0.341 e. The second-order valence-electron chi connectivity index (χ2n) is 10.5. The van der Waals surface area contributed by atoms with Crippen LogP contribution in [0.25, 0.3) is 0 Å². The van der Waals surface area contributed by atoms with Crippen LogP contribution in [-0.4, -0.2) is 77.4 Å². The molecule has 3 unspecified atom stereocenters. The maximum atomic E-state index is 13.6. The van der Waals surface area contributed by atoms with Crippen molar-refractivity contribution >= 4 is 23.8 Å². The number of hydrogen-bond acceptors (Lipinski definition) is 5. The van der Waals surface area contributed by atoms with Gasteiger partial charge in [-0.2, -0.15) is 0 Å². The minimum atomic E-state index is -0.928. The standard InChI is InChI=1S/C23H39N5O4/c1-14(2)12-17-19(29)28(11-8-24-17)18(13-15(3)4)20(30)27-9-6-16(7-10-27)23(5)21(31)25-22(32)26-23/h14-18,24H,6-13H2,1-5H3,(H2,25,26,31,32). The first kappa shape index (κ1) is 24.5. The van der Waals surface area contributed by atoms with E-state index in [1.54, 1.807) is 11.8 Å². The third-order valence-corrected chi connectivity index (χ3v) is 7.08. The molecule has 0 aromatic carbocycles. The highest BCUT2D eigenvalue weighted by atomic mass is 16.2. The van der Waals surface area contributed by atoms with Crippen molar-refractivity contribution in [3.63, 3.8) is 0 Å². The summed E-state index contributed by atoms with van der Waals surface area (Å²) < 4.78 is 0. The van der Waals surface area contributed by atoms with E-state index in [1.165, 1.54) is 0 Å². The Morgan fingerprint density at radius 1 is 1.06 bits per heavy atom. The topological polar surface area (TPSA) is 111 Å². The fourth-order valence-corrected chi connectivity index (χ4v) is 5.26. The molecule has 9 nitrogen and oxygen atoms in total. The van der Waals surface area contributed by atoms with Crippen LogP contribution in [0.15, 0.2) is 0 Å². The van der Waals surface area contributed by atoms with Gasteiger partial charge in [0.15, 0.2) is 0 Å². The molecule has 0 bridgehead atoms. The van der Waals surface area contributed by atoms with Gasteiger partial charge in [-0.3, -0.25) is 19.7 Å². The van der Waals surface area contributed by atoms with Crippen LogP contribution < -0.4 is 16.0 Å². The molecule has 180 valence electrons. The second kappa shape index (κ2) is 9.77. The van der Waals surface area contributed by atoms with Gasteiger partial charge in [0.1, 0.15) is 11.6 Å². The van der Waals surface area contributed by atoms with E-state index in [2.05, 4.69) is 43.6 Å². The number of imide groups is 1. The lowest BCUT2D eigenvalue weighted by Gasteiger charge is -2.43. The summed E-state index contributed by atoms with van der Waals surface area (Å²) in [6.45, 7) is 12.4. The van der Waals surface area contributed by atoms with Gasteiger partial charge < -0.3 is 20.4 Å². The molecule has 3 saturated heterocycles. The Kier molecular flexibility index (Phi) is 7.47. The number of piperazine rings is 1.